The van der Waals surface area contributed by atoms with Crippen LogP contribution in [0.3, 0.4) is 0 Å². The van der Waals surface area contributed by atoms with Crippen molar-refractivity contribution in [2.45, 2.75) is 216 Å². The van der Waals surface area contributed by atoms with E-state index in [0.717, 1.165) is 0 Å². The summed E-state index contributed by atoms with van der Waals surface area (Å²) < 4.78 is 37.6. The van der Waals surface area contributed by atoms with Crippen LogP contribution in [0.4, 0.5) is 0 Å². The number of ether oxygens (including phenoxy) is 6. The first-order valence-electron chi connectivity index (χ1n) is 23.9. The van der Waals surface area contributed by atoms with Gasteiger partial charge in [-0.05, 0) is 111 Å². The molecular weight excluding hydrogens is 868 g/mol. The standard InChI is InChI=1S/C47H80O19/c1-42(2,60)12-9-13-47(8,66-40-36(59)33(56)31(54)25(18-48)63-40)21-10-15-45(6)29(21)22(50)16-27-44(5)14-11-28(52)43(3,4)38(44)24(17-46(27,45)7)62-41-37(34(57)32(55)26(19-49)64-41)65-39-35(58)30(53)23(51)20-61-39/h9,12,21-41,48-60H,10-11,13-20H2,1-8H3/b12-9+/t21-,22+,23+,24-,25+,26+,27+,28-,29-,30-,31+,32+,33-,34-,35+,36+,37+,38+,39-,40-,41+,44+,45+,46+,47-/m0/s1. The maximum Gasteiger partial charge on any atom is 0.187 e. The van der Waals surface area contributed by atoms with Crippen molar-refractivity contribution in [3.05, 3.63) is 12.2 Å². The van der Waals surface area contributed by atoms with Gasteiger partial charge in [-0.1, -0.05) is 46.8 Å². The van der Waals surface area contributed by atoms with Gasteiger partial charge in [0.05, 0.1) is 49.3 Å². The molecule has 0 aromatic heterocycles. The molecular formula is C47H80O19. The second kappa shape index (κ2) is 18.9. The lowest BCUT2D eigenvalue weighted by Gasteiger charge is -2.72. The summed E-state index contributed by atoms with van der Waals surface area (Å²) in [7, 11) is 0. The molecule has 7 rings (SSSR count). The van der Waals surface area contributed by atoms with Crippen molar-refractivity contribution in [1.82, 2.24) is 0 Å². The Labute approximate surface area is 387 Å². The number of aliphatic hydroxyl groups is 13. The Morgan fingerprint density at radius 1 is 0.667 bits per heavy atom. The molecule has 0 aromatic carbocycles. The average Bonchev–Trinajstić information content (AvgIpc) is 3.63. The highest BCUT2D eigenvalue weighted by Gasteiger charge is 2.74. The highest BCUT2D eigenvalue weighted by Crippen LogP contribution is 2.76. The van der Waals surface area contributed by atoms with Crippen LogP contribution in [0.1, 0.15) is 100 Å². The summed E-state index contributed by atoms with van der Waals surface area (Å²) in [5.74, 6) is -1.38. The first-order chi connectivity index (χ1) is 30.6. The summed E-state index contributed by atoms with van der Waals surface area (Å²) in [6, 6.07) is 0. The van der Waals surface area contributed by atoms with Gasteiger partial charge in [0.1, 0.15) is 67.1 Å². The molecule has 13 N–H and O–H groups in total. The van der Waals surface area contributed by atoms with Crippen molar-refractivity contribution in [1.29, 1.82) is 0 Å². The van der Waals surface area contributed by atoms with Crippen molar-refractivity contribution in [3.8, 4) is 0 Å². The van der Waals surface area contributed by atoms with E-state index in [9.17, 15) is 66.4 Å². The van der Waals surface area contributed by atoms with E-state index in [0.29, 0.717) is 38.5 Å². The van der Waals surface area contributed by atoms with Crippen LogP contribution >= 0.6 is 0 Å². The van der Waals surface area contributed by atoms with E-state index in [2.05, 4.69) is 20.8 Å². The second-order valence-corrected chi connectivity index (χ2v) is 23.0. The number of hydrogen-bond acceptors (Lipinski definition) is 19. The van der Waals surface area contributed by atoms with Crippen LogP contribution in [-0.2, 0) is 28.4 Å². The van der Waals surface area contributed by atoms with Crippen LogP contribution < -0.4 is 0 Å². The molecule has 0 amide bonds. The Morgan fingerprint density at radius 2 is 1.27 bits per heavy atom. The van der Waals surface area contributed by atoms with Gasteiger partial charge in [-0.3, -0.25) is 0 Å². The molecule has 66 heavy (non-hydrogen) atoms. The third kappa shape index (κ3) is 8.89. The smallest absolute Gasteiger partial charge is 0.187 e. The molecule has 7 fully saturated rings. The van der Waals surface area contributed by atoms with Gasteiger partial charge in [0.2, 0.25) is 0 Å². The fourth-order valence-electron chi connectivity index (χ4n) is 14.5. The van der Waals surface area contributed by atoms with Crippen LogP contribution in [0.15, 0.2) is 12.2 Å². The lowest BCUT2D eigenvalue weighted by molar-refractivity contribution is -0.377. The molecule has 25 atom stereocenters. The molecule has 0 spiro atoms. The largest absolute Gasteiger partial charge is 0.394 e. The molecule has 0 bridgehead atoms. The average molecular weight is 949 g/mol. The Kier molecular flexibility index (Phi) is 15.1. The fraction of sp³-hybridized carbons (Fsp3) is 0.957. The molecule has 0 aromatic rings. The van der Waals surface area contributed by atoms with E-state index in [-0.39, 0.29) is 12.3 Å². The monoisotopic (exact) mass is 949 g/mol. The van der Waals surface area contributed by atoms with Crippen molar-refractivity contribution in [2.75, 3.05) is 19.8 Å². The Morgan fingerprint density at radius 3 is 1.89 bits per heavy atom. The summed E-state index contributed by atoms with van der Waals surface area (Å²) in [4.78, 5) is 0. The van der Waals surface area contributed by atoms with Gasteiger partial charge in [-0.2, -0.15) is 0 Å². The molecule has 19 nitrogen and oxygen atoms in total. The highest BCUT2D eigenvalue weighted by molar-refractivity contribution is 5.22. The zero-order valence-corrected chi connectivity index (χ0v) is 39.6. The minimum Gasteiger partial charge on any atom is -0.394 e. The van der Waals surface area contributed by atoms with E-state index in [1.54, 1.807) is 26.0 Å². The van der Waals surface area contributed by atoms with Crippen molar-refractivity contribution < 1.29 is 94.8 Å². The molecule has 4 aliphatic carbocycles. The van der Waals surface area contributed by atoms with Crippen LogP contribution in [0.5, 0.6) is 0 Å². The van der Waals surface area contributed by atoms with Crippen molar-refractivity contribution in [2.24, 2.45) is 45.3 Å². The minimum absolute atomic E-state index is 0.125. The van der Waals surface area contributed by atoms with Crippen LogP contribution in [0.25, 0.3) is 0 Å². The van der Waals surface area contributed by atoms with E-state index < -0.39 is 175 Å². The summed E-state index contributed by atoms with van der Waals surface area (Å²) in [5.41, 5.74) is -5.04. The highest BCUT2D eigenvalue weighted by atomic mass is 16.8. The zero-order valence-electron chi connectivity index (χ0n) is 39.6. The molecule has 19 heteroatoms. The molecule has 382 valence electrons. The number of rotatable bonds is 12. The molecule has 0 radical (unpaired) electrons. The molecule has 3 heterocycles. The number of aliphatic hydroxyl groups excluding tert-OH is 12. The van der Waals surface area contributed by atoms with Crippen molar-refractivity contribution in [3.63, 3.8) is 0 Å². The third-order valence-corrected chi connectivity index (χ3v) is 18.2. The van der Waals surface area contributed by atoms with E-state index in [1.807, 2.05) is 20.8 Å². The zero-order chi connectivity index (χ0) is 48.9. The SMILES string of the molecule is CC(C)(O)/C=C/C[C@](C)(O[C@@H]1O[C@H](CO)[C@@H](O)[C@H](O)[C@H]1O)[C@H]1CC[C@]2(C)[C@@H]1[C@H](O)C[C@@H]1[C@@]3(C)CC[C@H](O)C(C)(C)[C@H]3[C@@H](O[C@@H]3O[C@H](CO)[C@@H](O)[C@H](O)[C@H]3O[C@@H]3OC[C@@H](O)[C@H](O)[C@H]3O)C[C@]12C. The van der Waals surface area contributed by atoms with Gasteiger partial charge in [0, 0.05) is 0 Å². The third-order valence-electron chi connectivity index (χ3n) is 18.2. The van der Waals surface area contributed by atoms with Gasteiger partial charge >= 0.3 is 0 Å². The Hall–Kier alpha value is -1.02. The summed E-state index contributed by atoms with van der Waals surface area (Å²) in [6.07, 6.45) is -17.6. The lowest BCUT2D eigenvalue weighted by Crippen LogP contribution is -2.71. The summed E-state index contributed by atoms with van der Waals surface area (Å²) in [6.45, 7) is 13.9. The van der Waals surface area contributed by atoms with Crippen LogP contribution in [0, 0.1) is 45.3 Å². The number of hydrogen-bond donors (Lipinski definition) is 13. The predicted octanol–water partition coefficient (Wildman–Crippen LogP) is -1.45. The predicted molar refractivity (Wildman–Crippen MR) is 230 cm³/mol. The molecule has 0 unspecified atom stereocenters. The topological polar surface area (TPSA) is 318 Å². The fourth-order valence-corrected chi connectivity index (χ4v) is 14.5. The molecule has 7 aliphatic rings. The van der Waals surface area contributed by atoms with Crippen LogP contribution in [0.2, 0.25) is 0 Å². The summed E-state index contributed by atoms with van der Waals surface area (Å²) in [5, 5.41) is 142. The quantitative estimate of drug-likeness (QED) is 0.0787. The van der Waals surface area contributed by atoms with Gasteiger partial charge in [-0.25, -0.2) is 0 Å². The molecule has 3 saturated heterocycles. The number of fused-ring (bicyclic) bond motifs is 5. The van der Waals surface area contributed by atoms with Crippen molar-refractivity contribution >= 4 is 0 Å². The van der Waals surface area contributed by atoms with E-state index in [1.165, 1.54) is 0 Å². The van der Waals surface area contributed by atoms with Gasteiger partial charge in [0.15, 0.2) is 18.9 Å². The minimum atomic E-state index is -1.75. The summed E-state index contributed by atoms with van der Waals surface area (Å²) >= 11 is 0. The molecule has 4 saturated carbocycles. The first kappa shape index (κ1) is 52.8. The molecule has 3 aliphatic heterocycles. The first-order valence-corrected chi connectivity index (χ1v) is 23.9. The lowest BCUT2D eigenvalue weighted by atomic mass is 9.34. The van der Waals surface area contributed by atoms with Gasteiger partial charge in [0.25, 0.3) is 0 Å². The van der Waals surface area contributed by atoms with E-state index >= 15 is 0 Å². The van der Waals surface area contributed by atoms with Crippen LogP contribution in [-0.4, -0.2) is 202 Å². The maximum atomic E-state index is 12.7. The Bertz CT molecular complexity index is 1700. The van der Waals surface area contributed by atoms with Gasteiger partial charge < -0.3 is 94.8 Å². The Balaban J connectivity index is 1.27. The maximum absolute atomic E-state index is 12.7. The van der Waals surface area contributed by atoms with E-state index in [4.69, 9.17) is 28.4 Å². The van der Waals surface area contributed by atoms with Gasteiger partial charge in [-0.15, -0.1) is 0 Å². The normalized spacial score (nSPS) is 52.9. The second-order valence-electron chi connectivity index (χ2n) is 23.0.